The van der Waals surface area contributed by atoms with Crippen LogP contribution in [0.25, 0.3) is 0 Å². The summed E-state index contributed by atoms with van der Waals surface area (Å²) in [5, 5.41) is 1.87. The van der Waals surface area contributed by atoms with E-state index in [2.05, 4.69) is 0 Å². The standard InChI is InChI=1S/C17H23O4P2S/c1-4-19-23(24,20-5-2)21-22(18-3,16-12-8-6-9-13-16)17-14-10-7-11-15-17/h6-15H,4-5H2,1-3H3/q+1. The Kier molecular flexibility index (Phi) is 7.52. The number of rotatable bonds is 9. The average molecular weight is 385 g/mol. The van der Waals surface area contributed by atoms with Crippen molar-refractivity contribution in [3.63, 3.8) is 0 Å². The van der Waals surface area contributed by atoms with Crippen LogP contribution in [0.3, 0.4) is 0 Å². The highest BCUT2D eigenvalue weighted by Crippen LogP contribution is 2.70. The first kappa shape index (κ1) is 19.7. The van der Waals surface area contributed by atoms with Crippen LogP contribution in [0.2, 0.25) is 0 Å². The van der Waals surface area contributed by atoms with E-state index in [4.69, 9.17) is 29.7 Å². The SMILES string of the molecule is CCOP(=S)(OCC)O[P+](OC)(c1ccccc1)c1ccccc1. The molecule has 0 saturated heterocycles. The van der Waals surface area contributed by atoms with Gasteiger partial charge in [-0.25, -0.2) is 0 Å². The van der Waals surface area contributed by atoms with Gasteiger partial charge in [-0.15, -0.1) is 4.31 Å². The van der Waals surface area contributed by atoms with E-state index in [-0.39, 0.29) is 0 Å². The lowest BCUT2D eigenvalue weighted by Gasteiger charge is -2.27. The molecular weight excluding hydrogens is 362 g/mol. The van der Waals surface area contributed by atoms with E-state index < -0.39 is 14.4 Å². The molecule has 2 aromatic carbocycles. The Morgan fingerprint density at radius 1 is 0.833 bits per heavy atom. The summed E-state index contributed by atoms with van der Waals surface area (Å²) in [4.78, 5) is 0. The molecule has 24 heavy (non-hydrogen) atoms. The van der Waals surface area contributed by atoms with Gasteiger partial charge in [0, 0.05) is 0 Å². The Morgan fingerprint density at radius 2 is 1.25 bits per heavy atom. The Hall–Kier alpha value is -0.640. The van der Waals surface area contributed by atoms with Gasteiger partial charge in [-0.05, 0) is 49.9 Å². The van der Waals surface area contributed by atoms with Crippen LogP contribution in [0.1, 0.15) is 13.8 Å². The maximum Gasteiger partial charge on any atom is 0.367 e. The van der Waals surface area contributed by atoms with Crippen LogP contribution in [-0.2, 0) is 29.7 Å². The van der Waals surface area contributed by atoms with Gasteiger partial charge in [-0.2, -0.15) is 4.52 Å². The minimum atomic E-state index is -2.93. The Bertz CT molecular complexity index is 617. The summed E-state index contributed by atoms with van der Waals surface area (Å²) in [7, 11) is -1.02. The van der Waals surface area contributed by atoms with Crippen molar-refractivity contribution in [3.05, 3.63) is 60.7 Å². The molecule has 2 rings (SSSR count). The maximum absolute atomic E-state index is 6.40. The molecule has 0 fully saturated rings. The monoisotopic (exact) mass is 385 g/mol. The second-order valence-electron chi connectivity index (χ2n) is 4.77. The van der Waals surface area contributed by atoms with Crippen molar-refractivity contribution in [1.82, 2.24) is 0 Å². The molecule has 0 aliphatic heterocycles. The highest BCUT2D eigenvalue weighted by atomic mass is 32.5. The fourth-order valence-electron chi connectivity index (χ4n) is 2.28. The molecule has 2 aromatic rings. The zero-order valence-corrected chi connectivity index (χ0v) is 16.7. The molecule has 0 bridgehead atoms. The minimum Gasteiger partial charge on any atom is -0.307 e. The van der Waals surface area contributed by atoms with Crippen molar-refractivity contribution < 1.29 is 17.9 Å². The lowest BCUT2D eigenvalue weighted by Crippen LogP contribution is -2.25. The van der Waals surface area contributed by atoms with E-state index in [1.165, 1.54) is 0 Å². The molecule has 0 atom stereocenters. The normalized spacial score (nSPS) is 12.3. The lowest BCUT2D eigenvalue weighted by atomic mass is 10.4. The summed E-state index contributed by atoms with van der Waals surface area (Å²) in [6.45, 7) is 1.66. The molecule has 0 unspecified atom stereocenters. The average Bonchev–Trinajstić information content (AvgIpc) is 2.62. The van der Waals surface area contributed by atoms with E-state index >= 15 is 0 Å². The van der Waals surface area contributed by atoms with Gasteiger partial charge in [0.15, 0.2) is 10.6 Å². The molecule has 130 valence electrons. The smallest absolute Gasteiger partial charge is 0.307 e. The van der Waals surface area contributed by atoms with E-state index in [9.17, 15) is 0 Å². The van der Waals surface area contributed by atoms with Gasteiger partial charge < -0.3 is 9.05 Å². The first-order chi connectivity index (χ1) is 11.6. The topological polar surface area (TPSA) is 36.9 Å². The van der Waals surface area contributed by atoms with Gasteiger partial charge in [0.05, 0.1) is 20.3 Å². The van der Waals surface area contributed by atoms with Crippen LogP contribution < -0.4 is 10.6 Å². The molecule has 0 radical (unpaired) electrons. The molecule has 0 spiro atoms. The highest BCUT2D eigenvalue weighted by molar-refractivity contribution is 8.10. The summed E-state index contributed by atoms with van der Waals surface area (Å²) in [5.41, 5.74) is 0. The van der Waals surface area contributed by atoms with Crippen LogP contribution in [0, 0.1) is 0 Å². The summed E-state index contributed by atoms with van der Waals surface area (Å²) in [6, 6.07) is 19.7. The number of hydrogen-bond acceptors (Lipinski definition) is 5. The third kappa shape index (κ3) is 4.50. The van der Waals surface area contributed by atoms with Gasteiger partial charge in [0.1, 0.15) is 0 Å². The zero-order valence-electron chi connectivity index (χ0n) is 14.1. The molecule has 4 nitrogen and oxygen atoms in total. The number of benzene rings is 2. The van der Waals surface area contributed by atoms with Gasteiger partial charge in [-0.1, -0.05) is 36.4 Å². The van der Waals surface area contributed by atoms with Crippen LogP contribution in [0.4, 0.5) is 0 Å². The Labute approximate surface area is 149 Å². The second kappa shape index (κ2) is 9.17. The zero-order chi connectivity index (χ0) is 17.5. The lowest BCUT2D eigenvalue weighted by molar-refractivity contribution is 0.214. The summed E-state index contributed by atoms with van der Waals surface area (Å²) < 4.78 is 23.8. The number of hydrogen-bond donors (Lipinski definition) is 0. The molecule has 0 aromatic heterocycles. The van der Waals surface area contributed by atoms with E-state index in [0.717, 1.165) is 10.6 Å². The molecule has 7 heteroatoms. The minimum absolute atomic E-state index is 0.421. The maximum atomic E-state index is 6.40. The van der Waals surface area contributed by atoms with Gasteiger partial charge >= 0.3 is 14.4 Å². The summed E-state index contributed by atoms with van der Waals surface area (Å²) in [6.07, 6.45) is 0. The van der Waals surface area contributed by atoms with Crippen LogP contribution in [0.5, 0.6) is 0 Å². The molecule has 0 aliphatic rings. The van der Waals surface area contributed by atoms with Crippen LogP contribution in [-0.4, -0.2) is 20.3 Å². The predicted octanol–water partition coefficient (Wildman–Crippen LogP) is 4.45. The Balaban J connectivity index is 2.56. The van der Waals surface area contributed by atoms with Crippen molar-refractivity contribution in [2.24, 2.45) is 0 Å². The van der Waals surface area contributed by atoms with Crippen molar-refractivity contribution in [1.29, 1.82) is 0 Å². The predicted molar refractivity (Wildman–Crippen MR) is 105 cm³/mol. The van der Waals surface area contributed by atoms with E-state index in [1.54, 1.807) is 7.11 Å². The summed E-state index contributed by atoms with van der Waals surface area (Å²) >= 11 is 5.61. The third-order valence-electron chi connectivity index (χ3n) is 3.24. The van der Waals surface area contributed by atoms with Crippen molar-refractivity contribution in [2.45, 2.75) is 13.8 Å². The van der Waals surface area contributed by atoms with Crippen LogP contribution >= 0.6 is 14.4 Å². The largest absolute Gasteiger partial charge is 0.367 e. The van der Waals surface area contributed by atoms with Crippen molar-refractivity contribution >= 4 is 36.9 Å². The molecule has 0 aliphatic carbocycles. The fraction of sp³-hybridized carbons (Fsp3) is 0.294. The van der Waals surface area contributed by atoms with E-state index in [1.807, 2.05) is 74.5 Å². The van der Waals surface area contributed by atoms with Crippen molar-refractivity contribution in [3.8, 4) is 0 Å². The highest BCUT2D eigenvalue weighted by Gasteiger charge is 2.52. The van der Waals surface area contributed by atoms with Crippen LogP contribution in [0.15, 0.2) is 60.7 Å². The fourth-order valence-corrected chi connectivity index (χ4v) is 8.84. The Morgan fingerprint density at radius 3 is 1.58 bits per heavy atom. The molecule has 0 N–H and O–H groups in total. The molecule has 0 saturated carbocycles. The molecule has 0 amide bonds. The third-order valence-corrected chi connectivity index (χ3v) is 9.81. The molecular formula is C17H23O4P2S+. The summed E-state index contributed by atoms with van der Waals surface area (Å²) in [5.74, 6) is 0. The van der Waals surface area contributed by atoms with Crippen molar-refractivity contribution in [2.75, 3.05) is 20.3 Å². The first-order valence-electron chi connectivity index (χ1n) is 7.76. The van der Waals surface area contributed by atoms with E-state index in [0.29, 0.717) is 13.2 Å². The quantitative estimate of drug-likeness (QED) is 0.597. The first-order valence-corrected chi connectivity index (χ1v) is 11.9. The van der Waals surface area contributed by atoms with Gasteiger partial charge in [-0.3, -0.25) is 0 Å². The molecule has 0 heterocycles. The van der Waals surface area contributed by atoms with Gasteiger partial charge in [0.25, 0.3) is 0 Å². The van der Waals surface area contributed by atoms with Gasteiger partial charge in [0.2, 0.25) is 0 Å². The second-order valence-corrected chi connectivity index (χ2v) is 10.7.